The van der Waals surface area contributed by atoms with Crippen LogP contribution in [0.4, 0.5) is 0 Å². The van der Waals surface area contributed by atoms with Crippen LogP contribution in [0.25, 0.3) is 0 Å². The van der Waals surface area contributed by atoms with Crippen LogP contribution >= 0.6 is 11.6 Å². The van der Waals surface area contributed by atoms with Crippen molar-refractivity contribution in [3.8, 4) is 5.75 Å². The fourth-order valence-electron chi connectivity index (χ4n) is 3.62. The van der Waals surface area contributed by atoms with Gasteiger partial charge in [-0.05, 0) is 62.6 Å². The van der Waals surface area contributed by atoms with Gasteiger partial charge in [-0.3, -0.25) is 4.79 Å². The number of piperidine rings is 1. The van der Waals surface area contributed by atoms with Gasteiger partial charge >= 0.3 is 0 Å². The number of amides is 1. The molecule has 3 rings (SSSR count). The molecule has 1 fully saturated rings. The minimum Gasteiger partial charge on any atom is -0.494 e. The largest absolute Gasteiger partial charge is 0.494 e. The molecule has 0 radical (unpaired) electrons. The first-order chi connectivity index (χ1) is 14.3. The number of carbonyl (C=O) groups is 1. The van der Waals surface area contributed by atoms with Crippen molar-refractivity contribution in [2.45, 2.75) is 37.6 Å². The Morgan fingerprint density at radius 2 is 1.80 bits per heavy atom. The molecule has 0 bridgehead atoms. The highest BCUT2D eigenvalue weighted by atomic mass is 35.5. The van der Waals surface area contributed by atoms with E-state index >= 15 is 0 Å². The summed E-state index contributed by atoms with van der Waals surface area (Å²) in [5.41, 5.74) is 0.864. The Balaban J connectivity index is 1.58. The van der Waals surface area contributed by atoms with E-state index in [1.54, 1.807) is 30.3 Å². The van der Waals surface area contributed by atoms with Crippen molar-refractivity contribution in [2.75, 3.05) is 19.7 Å². The lowest BCUT2D eigenvalue weighted by Gasteiger charge is -2.31. The van der Waals surface area contributed by atoms with Crippen molar-refractivity contribution in [3.63, 3.8) is 0 Å². The summed E-state index contributed by atoms with van der Waals surface area (Å²) in [6.45, 7) is 4.92. The highest BCUT2D eigenvalue weighted by Crippen LogP contribution is 2.27. The van der Waals surface area contributed by atoms with Crippen molar-refractivity contribution in [2.24, 2.45) is 5.92 Å². The van der Waals surface area contributed by atoms with Gasteiger partial charge in [0.1, 0.15) is 5.75 Å². The van der Waals surface area contributed by atoms with Gasteiger partial charge < -0.3 is 10.1 Å². The van der Waals surface area contributed by atoms with E-state index in [-0.39, 0.29) is 22.8 Å². The van der Waals surface area contributed by atoms with Crippen LogP contribution in [0.5, 0.6) is 5.75 Å². The van der Waals surface area contributed by atoms with Crippen LogP contribution in [-0.2, 0) is 14.8 Å². The molecule has 6 nitrogen and oxygen atoms in total. The van der Waals surface area contributed by atoms with Crippen LogP contribution in [0.3, 0.4) is 0 Å². The molecule has 1 heterocycles. The molecule has 1 N–H and O–H groups in total. The SMILES string of the molecule is CCOc1ccc(S(=O)(=O)N2CCC(C(=O)NC(C)c3ccccc3Cl)CC2)cc1. The number of rotatable bonds is 7. The van der Waals surface area contributed by atoms with Crippen molar-refractivity contribution in [1.29, 1.82) is 0 Å². The molecule has 8 heteroatoms. The second kappa shape index (κ2) is 9.81. The average Bonchev–Trinajstić information content (AvgIpc) is 2.74. The zero-order valence-electron chi connectivity index (χ0n) is 17.2. The number of sulfonamides is 1. The Morgan fingerprint density at radius 3 is 2.40 bits per heavy atom. The molecule has 1 atom stereocenters. The number of benzene rings is 2. The van der Waals surface area contributed by atoms with Crippen molar-refractivity contribution in [1.82, 2.24) is 9.62 Å². The fraction of sp³-hybridized carbons (Fsp3) is 0.409. The van der Waals surface area contributed by atoms with Gasteiger partial charge in [0, 0.05) is 24.0 Å². The van der Waals surface area contributed by atoms with Crippen LogP contribution in [0.15, 0.2) is 53.4 Å². The predicted molar refractivity (Wildman–Crippen MR) is 117 cm³/mol. The molecule has 30 heavy (non-hydrogen) atoms. The second-order valence-electron chi connectivity index (χ2n) is 7.33. The lowest BCUT2D eigenvalue weighted by molar-refractivity contribution is -0.126. The van der Waals surface area contributed by atoms with Gasteiger partial charge in [-0.1, -0.05) is 29.8 Å². The summed E-state index contributed by atoms with van der Waals surface area (Å²) in [5, 5.41) is 3.62. The maximum Gasteiger partial charge on any atom is 0.243 e. The lowest BCUT2D eigenvalue weighted by Crippen LogP contribution is -2.43. The number of ether oxygens (including phenoxy) is 1. The molecule has 0 aliphatic carbocycles. The zero-order chi connectivity index (χ0) is 21.7. The quantitative estimate of drug-likeness (QED) is 0.691. The van der Waals surface area contributed by atoms with Crippen LogP contribution in [0.2, 0.25) is 5.02 Å². The Labute approximate surface area is 183 Å². The summed E-state index contributed by atoms with van der Waals surface area (Å²) in [6, 6.07) is 13.6. The number of carbonyl (C=O) groups excluding carboxylic acids is 1. The normalized spacial score (nSPS) is 16.8. The van der Waals surface area contributed by atoms with Crippen molar-refractivity contribution in [3.05, 3.63) is 59.1 Å². The van der Waals surface area contributed by atoms with E-state index in [4.69, 9.17) is 16.3 Å². The average molecular weight is 451 g/mol. The minimum absolute atomic E-state index is 0.0689. The second-order valence-corrected chi connectivity index (χ2v) is 9.68. The number of nitrogens with zero attached hydrogens (tertiary/aromatic N) is 1. The molecule has 0 aromatic heterocycles. The Hall–Kier alpha value is -2.09. The topological polar surface area (TPSA) is 75.7 Å². The highest BCUT2D eigenvalue weighted by Gasteiger charge is 2.32. The molecule has 162 valence electrons. The van der Waals surface area contributed by atoms with E-state index in [0.29, 0.717) is 43.3 Å². The third-order valence-corrected chi connectivity index (χ3v) is 7.58. The van der Waals surface area contributed by atoms with Gasteiger partial charge in [-0.25, -0.2) is 8.42 Å². The maximum atomic E-state index is 12.9. The third-order valence-electron chi connectivity index (χ3n) is 5.33. The zero-order valence-corrected chi connectivity index (χ0v) is 18.7. The highest BCUT2D eigenvalue weighted by molar-refractivity contribution is 7.89. The Morgan fingerprint density at radius 1 is 1.17 bits per heavy atom. The van der Waals surface area contributed by atoms with E-state index in [0.717, 1.165) is 5.56 Å². The van der Waals surface area contributed by atoms with E-state index in [1.165, 1.54) is 4.31 Å². The maximum absolute atomic E-state index is 12.9. The predicted octanol–water partition coefficient (Wildman–Crippen LogP) is 4.02. The van der Waals surface area contributed by atoms with Crippen molar-refractivity contribution >= 4 is 27.5 Å². The van der Waals surface area contributed by atoms with Crippen LogP contribution in [0.1, 0.15) is 38.3 Å². The first-order valence-corrected chi connectivity index (χ1v) is 11.9. The third kappa shape index (κ3) is 5.14. The molecule has 1 amide bonds. The van der Waals surface area contributed by atoms with E-state index in [2.05, 4.69) is 5.32 Å². The van der Waals surface area contributed by atoms with E-state index in [9.17, 15) is 13.2 Å². The summed E-state index contributed by atoms with van der Waals surface area (Å²) in [4.78, 5) is 12.9. The van der Waals surface area contributed by atoms with Gasteiger partial charge in [0.05, 0.1) is 17.5 Å². The monoisotopic (exact) mass is 450 g/mol. The molecule has 2 aromatic rings. The molecule has 0 spiro atoms. The van der Waals surface area contributed by atoms with Gasteiger partial charge in [0.2, 0.25) is 15.9 Å². The molecule has 1 saturated heterocycles. The van der Waals surface area contributed by atoms with E-state index < -0.39 is 10.0 Å². The summed E-state index contributed by atoms with van der Waals surface area (Å²) in [6.07, 6.45) is 0.967. The first kappa shape index (κ1) is 22.6. The molecule has 2 aromatic carbocycles. The van der Waals surface area contributed by atoms with Gasteiger partial charge in [0.15, 0.2) is 0 Å². The summed E-state index contributed by atoms with van der Waals surface area (Å²) in [5.74, 6) is 0.349. The van der Waals surface area contributed by atoms with Gasteiger partial charge in [0.25, 0.3) is 0 Å². The minimum atomic E-state index is -3.59. The molecule has 1 aliphatic heterocycles. The van der Waals surface area contributed by atoms with Crippen molar-refractivity contribution < 1.29 is 17.9 Å². The van der Waals surface area contributed by atoms with Gasteiger partial charge in [-0.15, -0.1) is 0 Å². The Bertz CT molecular complexity index is 971. The number of halogens is 1. The van der Waals surface area contributed by atoms with E-state index in [1.807, 2.05) is 32.0 Å². The molecule has 0 saturated carbocycles. The standard InChI is InChI=1S/C22H27ClN2O4S/c1-3-29-18-8-10-19(11-9-18)30(27,28)25-14-12-17(13-15-25)22(26)24-16(2)20-6-4-5-7-21(20)23/h4-11,16-17H,3,12-15H2,1-2H3,(H,24,26). The smallest absolute Gasteiger partial charge is 0.243 e. The summed E-state index contributed by atoms with van der Waals surface area (Å²) >= 11 is 6.21. The van der Waals surface area contributed by atoms with Crippen LogP contribution in [0, 0.1) is 5.92 Å². The molecular formula is C22H27ClN2O4S. The fourth-order valence-corrected chi connectivity index (χ4v) is 5.39. The lowest BCUT2D eigenvalue weighted by atomic mass is 9.96. The van der Waals surface area contributed by atoms with Gasteiger partial charge in [-0.2, -0.15) is 4.31 Å². The summed E-state index contributed by atoms with van der Waals surface area (Å²) in [7, 11) is -3.59. The number of hydrogen-bond acceptors (Lipinski definition) is 4. The number of nitrogens with one attached hydrogen (secondary N) is 1. The first-order valence-electron chi connectivity index (χ1n) is 10.1. The molecule has 1 aliphatic rings. The van der Waals surface area contributed by atoms with Crippen LogP contribution < -0.4 is 10.1 Å². The molecular weight excluding hydrogens is 424 g/mol. The molecule has 1 unspecified atom stereocenters. The Kier molecular flexibility index (Phi) is 7.39. The number of hydrogen-bond donors (Lipinski definition) is 1. The summed E-state index contributed by atoms with van der Waals surface area (Å²) < 4.78 is 32.6. The van der Waals surface area contributed by atoms with Crippen LogP contribution in [-0.4, -0.2) is 38.3 Å².